The van der Waals surface area contributed by atoms with Crippen LogP contribution in [0.2, 0.25) is 0 Å². The van der Waals surface area contributed by atoms with Crippen LogP contribution in [0.1, 0.15) is 101 Å². The molecular formula is C37H52N4O6. The molecule has 0 N–H and O–H groups in total. The molecule has 0 unspecified atom stereocenters. The van der Waals surface area contributed by atoms with Crippen molar-refractivity contribution in [3.8, 4) is 5.75 Å². The molecule has 10 nitrogen and oxygen atoms in total. The molecule has 2 atom stereocenters. The van der Waals surface area contributed by atoms with Crippen LogP contribution in [0.15, 0.2) is 36.4 Å². The maximum Gasteiger partial charge on any atom is 0.340 e. The molecule has 2 aromatic heterocycles. The maximum absolute atomic E-state index is 13.5. The minimum Gasteiger partial charge on any atom is -0.490 e. The number of carbonyl (C=O) groups is 1. The van der Waals surface area contributed by atoms with Crippen LogP contribution < -0.4 is 9.64 Å². The van der Waals surface area contributed by atoms with Crippen LogP contribution in [0.5, 0.6) is 5.75 Å². The fourth-order valence-electron chi connectivity index (χ4n) is 6.17. The number of rotatable bonds is 4. The second-order valence-corrected chi connectivity index (χ2v) is 14.0. The van der Waals surface area contributed by atoms with Crippen LogP contribution in [0.3, 0.4) is 0 Å². The summed E-state index contributed by atoms with van der Waals surface area (Å²) in [5, 5.41) is 5.01. The number of ether oxygens (including phenoxy) is 5. The summed E-state index contributed by atoms with van der Waals surface area (Å²) < 4.78 is 32.9. The summed E-state index contributed by atoms with van der Waals surface area (Å²) in [5.74, 6) is 1.19. The number of benzene rings is 1. The van der Waals surface area contributed by atoms with Crippen molar-refractivity contribution in [2.75, 3.05) is 31.2 Å². The molecule has 3 aromatic rings. The van der Waals surface area contributed by atoms with E-state index in [0.717, 1.165) is 54.1 Å². The Morgan fingerprint density at radius 2 is 1.89 bits per heavy atom. The normalized spacial score (nSPS) is 22.7. The fourth-order valence-corrected chi connectivity index (χ4v) is 6.17. The van der Waals surface area contributed by atoms with E-state index in [1.807, 2.05) is 38.3 Å². The molecule has 0 amide bonds. The van der Waals surface area contributed by atoms with E-state index in [4.69, 9.17) is 33.8 Å². The van der Waals surface area contributed by atoms with Crippen molar-refractivity contribution in [2.45, 2.75) is 118 Å². The minimum absolute atomic E-state index is 0.0538. The Hall–Kier alpha value is -3.47. The highest BCUT2D eigenvalue weighted by Crippen LogP contribution is 2.38. The van der Waals surface area contributed by atoms with Gasteiger partial charge in [0.2, 0.25) is 0 Å². The summed E-state index contributed by atoms with van der Waals surface area (Å²) in [4.78, 5) is 20.7. The van der Waals surface area contributed by atoms with Gasteiger partial charge in [-0.3, -0.25) is 0 Å². The highest BCUT2D eigenvalue weighted by atomic mass is 16.6. The smallest absolute Gasteiger partial charge is 0.340 e. The topological polar surface area (TPSA) is 96.7 Å². The predicted octanol–water partition coefficient (Wildman–Crippen LogP) is 6.98. The molecule has 3 aliphatic heterocycles. The molecule has 47 heavy (non-hydrogen) atoms. The average Bonchev–Trinajstić information content (AvgIpc) is 3.40. The number of esters is 1. The maximum atomic E-state index is 13.5. The lowest BCUT2D eigenvalue weighted by Crippen LogP contribution is -2.45. The summed E-state index contributed by atoms with van der Waals surface area (Å²) in [6.07, 6.45) is 6.82. The zero-order valence-electron chi connectivity index (χ0n) is 29.4. The first-order chi connectivity index (χ1) is 22.4. The van der Waals surface area contributed by atoms with Crippen LogP contribution >= 0.6 is 0 Å². The van der Waals surface area contributed by atoms with Gasteiger partial charge in [0.1, 0.15) is 11.6 Å². The highest BCUT2D eigenvalue weighted by molar-refractivity contribution is 5.80. The molecule has 3 aliphatic rings. The molecule has 10 heteroatoms. The molecular weight excluding hydrogens is 596 g/mol. The predicted molar refractivity (Wildman–Crippen MR) is 182 cm³/mol. The van der Waals surface area contributed by atoms with Gasteiger partial charge in [-0.2, -0.15) is 9.61 Å². The number of aryl methyl sites for hydroxylation is 2. The van der Waals surface area contributed by atoms with Crippen LogP contribution in [0.4, 0.5) is 5.82 Å². The summed E-state index contributed by atoms with van der Waals surface area (Å²) >= 11 is 0. The molecule has 4 bridgehead atoms. The lowest BCUT2D eigenvalue weighted by Gasteiger charge is -2.41. The van der Waals surface area contributed by atoms with Crippen molar-refractivity contribution < 1.29 is 28.5 Å². The van der Waals surface area contributed by atoms with Gasteiger partial charge in [-0.25, -0.2) is 9.78 Å². The van der Waals surface area contributed by atoms with Gasteiger partial charge in [-0.05, 0) is 92.7 Å². The number of nitrogens with zero attached hydrogens (tertiary/aromatic N) is 4. The quantitative estimate of drug-likeness (QED) is 0.219. The average molecular weight is 649 g/mol. The first kappa shape index (κ1) is 34.9. The van der Waals surface area contributed by atoms with Gasteiger partial charge in [0, 0.05) is 30.4 Å². The van der Waals surface area contributed by atoms with Crippen molar-refractivity contribution in [3.63, 3.8) is 0 Å². The molecule has 1 aromatic carbocycles. The van der Waals surface area contributed by atoms with Crippen LogP contribution in [-0.2, 0) is 37.0 Å². The lowest BCUT2D eigenvalue weighted by molar-refractivity contribution is -0.166. The van der Waals surface area contributed by atoms with Gasteiger partial charge in [-0.1, -0.05) is 24.3 Å². The number of carbonyl (C=O) groups excluding carboxylic acids is 1. The van der Waals surface area contributed by atoms with E-state index in [-0.39, 0.29) is 24.9 Å². The van der Waals surface area contributed by atoms with E-state index in [0.29, 0.717) is 43.2 Å². The van der Waals surface area contributed by atoms with Gasteiger partial charge < -0.3 is 28.6 Å². The Morgan fingerprint density at radius 3 is 2.62 bits per heavy atom. The van der Waals surface area contributed by atoms with Crippen LogP contribution in [0.25, 0.3) is 5.65 Å². The summed E-state index contributed by atoms with van der Waals surface area (Å²) in [5.41, 5.74) is 4.03. The third kappa shape index (κ3) is 8.72. The van der Waals surface area contributed by atoms with Gasteiger partial charge in [0.15, 0.2) is 11.8 Å². The molecule has 0 aliphatic carbocycles. The third-order valence-corrected chi connectivity index (χ3v) is 8.70. The third-order valence-electron chi connectivity index (χ3n) is 8.70. The molecule has 6 rings (SSSR count). The second kappa shape index (κ2) is 14.7. The number of piperidine rings is 1. The SMILES string of the molecule is CCOC(=O)[C@@H](OC(C)(C)C)c1c(C)nc2cc3nn2c1N1CCC(C)(CC1)OC/C=C/CC[C@H](C)Oc1cc(C)ccc1COC3. The van der Waals surface area contributed by atoms with Crippen LogP contribution in [-0.4, -0.2) is 64.2 Å². The second-order valence-electron chi connectivity index (χ2n) is 14.0. The van der Waals surface area contributed by atoms with Crippen molar-refractivity contribution in [2.24, 2.45) is 0 Å². The largest absolute Gasteiger partial charge is 0.490 e. The van der Waals surface area contributed by atoms with Crippen LogP contribution in [0, 0.1) is 13.8 Å². The number of fused-ring (bicyclic) bond motifs is 10. The Morgan fingerprint density at radius 1 is 1.13 bits per heavy atom. The lowest BCUT2D eigenvalue weighted by atomic mass is 9.92. The summed E-state index contributed by atoms with van der Waals surface area (Å²) in [6.45, 7) is 18.8. The van der Waals surface area contributed by atoms with E-state index in [2.05, 4.69) is 56.0 Å². The van der Waals surface area contributed by atoms with Gasteiger partial charge in [0.25, 0.3) is 0 Å². The number of hydrogen-bond donors (Lipinski definition) is 0. The Kier molecular flexibility index (Phi) is 10.9. The van der Waals surface area contributed by atoms with E-state index < -0.39 is 17.7 Å². The number of hydrogen-bond acceptors (Lipinski definition) is 9. The molecule has 0 saturated carbocycles. The molecule has 0 spiro atoms. The molecule has 5 heterocycles. The van der Waals surface area contributed by atoms with Gasteiger partial charge >= 0.3 is 5.97 Å². The standard InChI is InChI=1S/C37H52N4O6/c1-9-44-35(42)33(47-36(5,6)7)32-27(4)38-31-22-29-24-43-23-28-15-14-25(2)21-30(28)46-26(3)13-11-10-12-20-45-37(8)16-18-40(19-17-37)34(32)41(31)39-29/h10,12,14-15,21-22,26,33H,9,11,13,16-20,23-24H2,1-8H3/b12-10+/t26-,33-/m0/s1. The summed E-state index contributed by atoms with van der Waals surface area (Å²) in [7, 11) is 0. The molecule has 0 radical (unpaired) electrons. The van der Waals surface area contributed by atoms with E-state index in [9.17, 15) is 4.79 Å². The first-order valence-corrected chi connectivity index (χ1v) is 17.0. The summed E-state index contributed by atoms with van der Waals surface area (Å²) in [6, 6.07) is 8.17. The van der Waals surface area contributed by atoms with Crippen molar-refractivity contribution in [1.82, 2.24) is 14.6 Å². The van der Waals surface area contributed by atoms with E-state index in [1.165, 1.54) is 0 Å². The monoisotopic (exact) mass is 648 g/mol. The molecule has 1 saturated heterocycles. The Balaban J connectivity index is 1.57. The van der Waals surface area contributed by atoms with Gasteiger partial charge in [0.05, 0.1) is 55.0 Å². The fraction of sp³-hybridized carbons (Fsp3) is 0.595. The van der Waals surface area contributed by atoms with Crippen molar-refractivity contribution >= 4 is 17.4 Å². The Bertz CT molecular complexity index is 1570. The first-order valence-electron chi connectivity index (χ1n) is 17.0. The van der Waals surface area contributed by atoms with E-state index >= 15 is 0 Å². The Labute approximate surface area is 279 Å². The zero-order valence-corrected chi connectivity index (χ0v) is 29.4. The highest BCUT2D eigenvalue weighted by Gasteiger charge is 2.38. The zero-order chi connectivity index (χ0) is 33.8. The van der Waals surface area contributed by atoms with Gasteiger partial charge in [-0.15, -0.1) is 0 Å². The number of aromatic nitrogens is 3. The number of allylic oxidation sites excluding steroid dienone is 1. The van der Waals surface area contributed by atoms with Crippen molar-refractivity contribution in [3.05, 3.63) is 64.5 Å². The minimum atomic E-state index is -0.975. The molecule has 1 fully saturated rings. The molecule has 256 valence electrons. The van der Waals surface area contributed by atoms with Crippen molar-refractivity contribution in [1.29, 1.82) is 0 Å². The van der Waals surface area contributed by atoms with E-state index in [1.54, 1.807) is 6.92 Å². The number of anilines is 1.